The molecule has 5 heteroatoms. The number of aliphatic carboxylic acids is 1. The van der Waals surface area contributed by atoms with Crippen LogP contribution in [0.25, 0.3) is 21.3 Å². The van der Waals surface area contributed by atoms with E-state index in [1.807, 2.05) is 6.92 Å². The van der Waals surface area contributed by atoms with Crippen molar-refractivity contribution in [2.45, 2.75) is 33.2 Å². The van der Waals surface area contributed by atoms with Gasteiger partial charge in [0.25, 0.3) is 0 Å². The second-order valence-electron chi connectivity index (χ2n) is 7.16. The summed E-state index contributed by atoms with van der Waals surface area (Å²) in [6.07, 6.45) is 0.991. The van der Waals surface area contributed by atoms with Crippen LogP contribution in [0.15, 0.2) is 24.3 Å². The number of hydrogen-bond donors (Lipinski definition) is 1. The van der Waals surface area contributed by atoms with E-state index in [9.17, 15) is 9.90 Å². The lowest BCUT2D eigenvalue weighted by molar-refractivity contribution is -0.136. The first-order chi connectivity index (χ1) is 12.4. The number of fused-ring (bicyclic) bond motifs is 3. The van der Waals surface area contributed by atoms with Gasteiger partial charge >= 0.3 is 5.97 Å². The van der Waals surface area contributed by atoms with Crippen molar-refractivity contribution in [2.75, 3.05) is 13.6 Å². The van der Waals surface area contributed by atoms with E-state index in [0.717, 1.165) is 46.7 Å². The molecule has 3 aromatic rings. The van der Waals surface area contributed by atoms with Crippen molar-refractivity contribution in [3.8, 4) is 11.1 Å². The van der Waals surface area contributed by atoms with Crippen LogP contribution in [0.5, 0.6) is 0 Å². The molecule has 0 spiro atoms. The summed E-state index contributed by atoms with van der Waals surface area (Å²) in [5.74, 6) is -0.813. The van der Waals surface area contributed by atoms with Gasteiger partial charge in [-0.15, -0.1) is 11.3 Å². The van der Waals surface area contributed by atoms with Crippen LogP contribution >= 0.6 is 11.3 Å². The maximum atomic E-state index is 11.5. The normalized spacial score (nSPS) is 14.6. The van der Waals surface area contributed by atoms with E-state index in [1.54, 1.807) is 11.3 Å². The first-order valence-corrected chi connectivity index (χ1v) is 9.66. The highest BCUT2D eigenvalue weighted by Crippen LogP contribution is 2.42. The monoisotopic (exact) mass is 366 g/mol. The second-order valence-corrected chi connectivity index (χ2v) is 8.24. The summed E-state index contributed by atoms with van der Waals surface area (Å²) in [5, 5.41) is 10.6. The molecular formula is C21H22N2O2S. The fourth-order valence-corrected chi connectivity index (χ4v) is 5.17. The Kier molecular flexibility index (Phi) is 4.29. The van der Waals surface area contributed by atoms with Gasteiger partial charge in [-0.25, -0.2) is 4.98 Å². The smallest absolute Gasteiger partial charge is 0.307 e. The molecule has 0 saturated heterocycles. The summed E-state index contributed by atoms with van der Waals surface area (Å²) >= 11 is 1.76. The number of nitrogens with zero attached hydrogens (tertiary/aromatic N) is 2. The summed E-state index contributed by atoms with van der Waals surface area (Å²) in [6, 6.07) is 8.39. The highest BCUT2D eigenvalue weighted by molar-refractivity contribution is 7.19. The van der Waals surface area contributed by atoms with E-state index in [0.29, 0.717) is 0 Å². The van der Waals surface area contributed by atoms with Crippen LogP contribution in [0.3, 0.4) is 0 Å². The molecular weight excluding hydrogens is 344 g/mol. The largest absolute Gasteiger partial charge is 0.481 e. The Hall–Kier alpha value is -2.24. The SMILES string of the molecule is Cc1ccc(-c2c(CC(=O)O)c(C)nc3sc4c(c23)CCN(C)C4)cc1. The Morgan fingerprint density at radius 3 is 2.69 bits per heavy atom. The van der Waals surface area contributed by atoms with Gasteiger partial charge in [0.1, 0.15) is 4.83 Å². The number of pyridine rings is 1. The van der Waals surface area contributed by atoms with Crippen LogP contribution in [0.1, 0.15) is 27.3 Å². The lowest BCUT2D eigenvalue weighted by Crippen LogP contribution is -2.25. The van der Waals surface area contributed by atoms with Gasteiger partial charge in [-0.3, -0.25) is 4.79 Å². The summed E-state index contributed by atoms with van der Waals surface area (Å²) in [4.78, 5) is 21.1. The Labute approximate surface area is 157 Å². The van der Waals surface area contributed by atoms with E-state index in [2.05, 4.69) is 43.1 Å². The number of hydrogen-bond acceptors (Lipinski definition) is 4. The van der Waals surface area contributed by atoms with Gasteiger partial charge in [0.05, 0.1) is 6.42 Å². The summed E-state index contributed by atoms with van der Waals surface area (Å²) < 4.78 is 0. The fourth-order valence-electron chi connectivity index (χ4n) is 3.81. The topological polar surface area (TPSA) is 53.4 Å². The zero-order chi connectivity index (χ0) is 18.4. The van der Waals surface area contributed by atoms with E-state index >= 15 is 0 Å². The minimum Gasteiger partial charge on any atom is -0.481 e. The van der Waals surface area contributed by atoms with Gasteiger partial charge < -0.3 is 10.0 Å². The Morgan fingerprint density at radius 2 is 2.00 bits per heavy atom. The van der Waals surface area contributed by atoms with Crippen LogP contribution in [0, 0.1) is 13.8 Å². The number of aryl methyl sites for hydroxylation is 2. The molecule has 1 aromatic carbocycles. The van der Waals surface area contributed by atoms with Crippen LogP contribution in [0.2, 0.25) is 0 Å². The number of carboxylic acid groups (broad SMARTS) is 1. The zero-order valence-electron chi connectivity index (χ0n) is 15.3. The molecule has 0 atom stereocenters. The third-order valence-corrected chi connectivity index (χ3v) is 6.27. The Morgan fingerprint density at radius 1 is 1.27 bits per heavy atom. The number of benzene rings is 1. The van der Waals surface area contributed by atoms with Gasteiger partial charge in [0, 0.05) is 29.0 Å². The quantitative estimate of drug-likeness (QED) is 0.755. The van der Waals surface area contributed by atoms with Crippen molar-refractivity contribution in [2.24, 2.45) is 0 Å². The molecule has 0 unspecified atom stereocenters. The Balaban J connectivity index is 2.06. The predicted octanol–water partition coefficient (Wildman–Crippen LogP) is 4.20. The van der Waals surface area contributed by atoms with Gasteiger partial charge in [0.15, 0.2) is 0 Å². The molecule has 0 amide bonds. The minimum absolute atomic E-state index is 0.00249. The highest BCUT2D eigenvalue weighted by atomic mass is 32.1. The molecule has 0 bridgehead atoms. The van der Waals surface area contributed by atoms with E-state index in [1.165, 1.54) is 21.4 Å². The van der Waals surface area contributed by atoms with Crippen LogP contribution < -0.4 is 0 Å². The lowest BCUT2D eigenvalue weighted by atomic mass is 9.90. The number of aromatic nitrogens is 1. The first kappa shape index (κ1) is 17.2. The molecule has 1 aliphatic rings. The summed E-state index contributed by atoms with van der Waals surface area (Å²) in [5.41, 5.74) is 6.37. The molecule has 4 nitrogen and oxygen atoms in total. The fraction of sp³-hybridized carbons (Fsp3) is 0.333. The van der Waals surface area contributed by atoms with E-state index in [4.69, 9.17) is 4.98 Å². The van der Waals surface area contributed by atoms with E-state index in [-0.39, 0.29) is 6.42 Å². The number of rotatable bonds is 3. The van der Waals surface area contributed by atoms with Gasteiger partial charge in [-0.05, 0) is 49.6 Å². The molecule has 1 N–H and O–H groups in total. The maximum absolute atomic E-state index is 11.5. The van der Waals surface area contributed by atoms with Crippen LogP contribution in [-0.4, -0.2) is 34.6 Å². The van der Waals surface area contributed by atoms with Crippen molar-refractivity contribution in [1.29, 1.82) is 0 Å². The molecule has 0 saturated carbocycles. The molecule has 2 aromatic heterocycles. The first-order valence-electron chi connectivity index (χ1n) is 8.85. The van der Waals surface area contributed by atoms with Gasteiger partial charge in [-0.1, -0.05) is 29.8 Å². The molecule has 0 radical (unpaired) electrons. The molecule has 134 valence electrons. The van der Waals surface area contributed by atoms with Crippen molar-refractivity contribution in [1.82, 2.24) is 9.88 Å². The van der Waals surface area contributed by atoms with Crippen molar-refractivity contribution >= 4 is 27.5 Å². The standard InChI is InChI=1S/C21H22N2O2S/c1-12-4-6-14(7-5-12)19-16(10-18(24)25)13(2)22-21-20(19)15-8-9-23(3)11-17(15)26-21/h4-7H,8-11H2,1-3H3,(H,24,25). The summed E-state index contributed by atoms with van der Waals surface area (Å²) in [7, 11) is 2.14. The lowest BCUT2D eigenvalue weighted by Gasteiger charge is -2.23. The number of carboxylic acids is 1. The Bertz CT molecular complexity index is 1010. The highest BCUT2D eigenvalue weighted by Gasteiger charge is 2.25. The molecule has 4 rings (SSSR count). The maximum Gasteiger partial charge on any atom is 0.307 e. The van der Waals surface area contributed by atoms with Crippen LogP contribution in [-0.2, 0) is 24.2 Å². The number of thiophene rings is 1. The molecule has 26 heavy (non-hydrogen) atoms. The number of likely N-dealkylation sites (N-methyl/N-ethyl adjacent to an activating group) is 1. The van der Waals surface area contributed by atoms with Gasteiger partial charge in [-0.2, -0.15) is 0 Å². The third kappa shape index (κ3) is 2.91. The molecule has 3 heterocycles. The molecule has 0 fully saturated rings. The minimum atomic E-state index is -0.813. The van der Waals surface area contributed by atoms with Crippen molar-refractivity contribution < 1.29 is 9.90 Å². The van der Waals surface area contributed by atoms with Gasteiger partial charge in [0.2, 0.25) is 0 Å². The third-order valence-electron chi connectivity index (χ3n) is 5.16. The number of carbonyl (C=O) groups is 1. The van der Waals surface area contributed by atoms with Crippen molar-refractivity contribution in [3.63, 3.8) is 0 Å². The predicted molar refractivity (Wildman–Crippen MR) is 106 cm³/mol. The molecule has 0 aliphatic carbocycles. The average Bonchev–Trinajstić information content (AvgIpc) is 2.93. The second kappa shape index (κ2) is 6.49. The van der Waals surface area contributed by atoms with E-state index < -0.39 is 5.97 Å². The zero-order valence-corrected chi connectivity index (χ0v) is 16.1. The van der Waals surface area contributed by atoms with Crippen molar-refractivity contribution in [3.05, 3.63) is 51.5 Å². The molecule has 1 aliphatic heterocycles. The summed E-state index contributed by atoms with van der Waals surface area (Å²) in [6.45, 7) is 5.96. The average molecular weight is 366 g/mol. The van der Waals surface area contributed by atoms with Crippen LogP contribution in [0.4, 0.5) is 0 Å².